The third kappa shape index (κ3) is 4.98. The number of nitrogens with one attached hydrogen (secondary N) is 1. The summed E-state index contributed by atoms with van der Waals surface area (Å²) in [5, 5.41) is 3.27. The molecule has 1 atom stereocenters. The highest BCUT2D eigenvalue weighted by molar-refractivity contribution is 5.26. The number of hydrogen-bond acceptors (Lipinski definition) is 3. The molecule has 0 radical (unpaired) electrons. The van der Waals surface area contributed by atoms with E-state index in [1.165, 1.54) is 12.1 Å². The molecular weight excluding hydrogens is 283 g/mol. The second kappa shape index (κ2) is 7.24. The zero-order valence-electron chi connectivity index (χ0n) is 12.0. The van der Waals surface area contributed by atoms with Gasteiger partial charge < -0.3 is 14.8 Å². The van der Waals surface area contributed by atoms with Crippen LogP contribution in [0.1, 0.15) is 24.5 Å². The van der Waals surface area contributed by atoms with Gasteiger partial charge in [0.25, 0.3) is 0 Å². The van der Waals surface area contributed by atoms with Crippen molar-refractivity contribution >= 4 is 0 Å². The lowest BCUT2D eigenvalue weighted by Crippen LogP contribution is -2.34. The molecule has 1 N–H and O–H groups in total. The van der Waals surface area contributed by atoms with E-state index in [1.54, 1.807) is 6.07 Å². The standard InChI is InChI=1S/C15H20F3NO2/c1-2-19-13(10-14-20-6-7-21-14)9-11-4-3-5-12(8-11)15(16,17)18/h3-5,8,13-14,19H,2,6-7,9-10H2,1H3. The fourth-order valence-electron chi connectivity index (χ4n) is 2.46. The third-order valence-corrected chi connectivity index (χ3v) is 3.40. The summed E-state index contributed by atoms with van der Waals surface area (Å²) in [6, 6.07) is 5.50. The Kier molecular flexibility index (Phi) is 5.61. The minimum atomic E-state index is -4.30. The number of ether oxygens (including phenoxy) is 2. The van der Waals surface area contributed by atoms with E-state index in [2.05, 4.69) is 5.32 Å². The lowest BCUT2D eigenvalue weighted by molar-refractivity contribution is -0.137. The first-order valence-corrected chi connectivity index (χ1v) is 7.11. The Morgan fingerprint density at radius 1 is 1.29 bits per heavy atom. The van der Waals surface area contributed by atoms with Crippen molar-refractivity contribution < 1.29 is 22.6 Å². The van der Waals surface area contributed by atoms with Crippen LogP contribution in [0.15, 0.2) is 24.3 Å². The largest absolute Gasteiger partial charge is 0.416 e. The fraction of sp³-hybridized carbons (Fsp3) is 0.600. The molecule has 1 aromatic carbocycles. The first-order chi connectivity index (χ1) is 9.99. The molecule has 21 heavy (non-hydrogen) atoms. The van der Waals surface area contributed by atoms with Gasteiger partial charge in [-0.25, -0.2) is 0 Å². The van der Waals surface area contributed by atoms with Crippen LogP contribution >= 0.6 is 0 Å². The average Bonchev–Trinajstić information content (AvgIpc) is 2.91. The topological polar surface area (TPSA) is 30.5 Å². The van der Waals surface area contributed by atoms with E-state index >= 15 is 0 Å². The van der Waals surface area contributed by atoms with Crippen LogP contribution in [0.3, 0.4) is 0 Å². The van der Waals surface area contributed by atoms with E-state index in [-0.39, 0.29) is 12.3 Å². The Balaban J connectivity index is 2.01. The summed E-state index contributed by atoms with van der Waals surface area (Å²) in [6.45, 7) is 3.87. The van der Waals surface area contributed by atoms with E-state index in [1.807, 2.05) is 6.92 Å². The summed E-state index contributed by atoms with van der Waals surface area (Å²) < 4.78 is 49.0. The molecule has 1 unspecified atom stereocenters. The SMILES string of the molecule is CCNC(Cc1cccc(C(F)(F)F)c1)CC1OCCO1. The van der Waals surface area contributed by atoms with Gasteiger partial charge in [-0.3, -0.25) is 0 Å². The van der Waals surface area contributed by atoms with Gasteiger partial charge in [0.2, 0.25) is 0 Å². The van der Waals surface area contributed by atoms with Gasteiger partial charge in [0.15, 0.2) is 6.29 Å². The van der Waals surface area contributed by atoms with Crippen molar-refractivity contribution in [2.75, 3.05) is 19.8 Å². The van der Waals surface area contributed by atoms with Gasteiger partial charge in [-0.1, -0.05) is 25.1 Å². The summed E-state index contributed by atoms with van der Waals surface area (Å²) in [6.07, 6.45) is -3.42. The molecule has 1 heterocycles. The normalized spacial score (nSPS) is 18.1. The number of halogens is 3. The molecular formula is C15H20F3NO2. The average molecular weight is 303 g/mol. The molecule has 1 aliphatic heterocycles. The van der Waals surface area contributed by atoms with Gasteiger partial charge in [-0.15, -0.1) is 0 Å². The molecule has 0 bridgehead atoms. The lowest BCUT2D eigenvalue weighted by atomic mass is 10.0. The maximum absolute atomic E-state index is 12.7. The highest BCUT2D eigenvalue weighted by atomic mass is 19.4. The Morgan fingerprint density at radius 3 is 2.62 bits per heavy atom. The fourth-order valence-corrected chi connectivity index (χ4v) is 2.46. The molecule has 1 aliphatic rings. The molecule has 1 fully saturated rings. The lowest BCUT2D eigenvalue weighted by Gasteiger charge is -2.21. The molecule has 1 aromatic rings. The summed E-state index contributed by atoms with van der Waals surface area (Å²) in [5.41, 5.74) is 0.0531. The number of benzene rings is 1. The first-order valence-electron chi connectivity index (χ1n) is 7.11. The maximum atomic E-state index is 12.7. The van der Waals surface area contributed by atoms with Crippen LogP contribution < -0.4 is 5.32 Å². The second-order valence-electron chi connectivity index (χ2n) is 5.06. The van der Waals surface area contributed by atoms with Gasteiger partial charge in [0, 0.05) is 12.5 Å². The Labute approximate surface area is 122 Å². The number of alkyl halides is 3. The molecule has 1 saturated heterocycles. The van der Waals surface area contributed by atoms with E-state index in [0.29, 0.717) is 31.6 Å². The molecule has 6 heteroatoms. The van der Waals surface area contributed by atoms with Crippen LogP contribution in [0.2, 0.25) is 0 Å². The van der Waals surface area contributed by atoms with Gasteiger partial charge >= 0.3 is 6.18 Å². The number of likely N-dealkylation sites (N-methyl/N-ethyl adjacent to an activating group) is 1. The maximum Gasteiger partial charge on any atom is 0.416 e. The highest BCUT2D eigenvalue weighted by Crippen LogP contribution is 2.30. The molecule has 0 saturated carbocycles. The summed E-state index contributed by atoms with van der Waals surface area (Å²) in [4.78, 5) is 0. The smallest absolute Gasteiger partial charge is 0.350 e. The first kappa shape index (κ1) is 16.3. The van der Waals surface area contributed by atoms with Crippen LogP contribution in [-0.2, 0) is 22.1 Å². The minimum Gasteiger partial charge on any atom is -0.350 e. The second-order valence-corrected chi connectivity index (χ2v) is 5.06. The Morgan fingerprint density at radius 2 is 2.00 bits per heavy atom. The van der Waals surface area contributed by atoms with Crippen molar-refractivity contribution in [3.05, 3.63) is 35.4 Å². The van der Waals surface area contributed by atoms with E-state index in [0.717, 1.165) is 12.6 Å². The summed E-state index contributed by atoms with van der Waals surface area (Å²) >= 11 is 0. The molecule has 0 aromatic heterocycles. The van der Waals surface area contributed by atoms with Crippen LogP contribution in [-0.4, -0.2) is 32.1 Å². The van der Waals surface area contributed by atoms with Crippen LogP contribution in [0.4, 0.5) is 13.2 Å². The van der Waals surface area contributed by atoms with Crippen molar-refractivity contribution in [1.82, 2.24) is 5.32 Å². The number of rotatable bonds is 6. The molecule has 3 nitrogen and oxygen atoms in total. The molecule has 118 valence electrons. The minimum absolute atomic E-state index is 0.0292. The van der Waals surface area contributed by atoms with Crippen molar-refractivity contribution in [2.45, 2.75) is 38.3 Å². The molecule has 2 rings (SSSR count). The van der Waals surface area contributed by atoms with Crippen molar-refractivity contribution in [2.24, 2.45) is 0 Å². The third-order valence-electron chi connectivity index (χ3n) is 3.40. The van der Waals surface area contributed by atoms with E-state index < -0.39 is 11.7 Å². The van der Waals surface area contributed by atoms with Gasteiger partial charge in [-0.05, 0) is 24.6 Å². The Bertz CT molecular complexity index is 445. The van der Waals surface area contributed by atoms with Gasteiger partial charge in [-0.2, -0.15) is 13.2 Å². The van der Waals surface area contributed by atoms with Crippen molar-refractivity contribution in [3.63, 3.8) is 0 Å². The van der Waals surface area contributed by atoms with Crippen LogP contribution in [0.5, 0.6) is 0 Å². The predicted octanol–water partition coefficient (Wildman–Crippen LogP) is 2.99. The molecule has 0 aliphatic carbocycles. The summed E-state index contributed by atoms with van der Waals surface area (Å²) in [7, 11) is 0. The van der Waals surface area contributed by atoms with Crippen molar-refractivity contribution in [1.29, 1.82) is 0 Å². The molecule has 0 amide bonds. The predicted molar refractivity (Wildman–Crippen MR) is 72.9 cm³/mol. The monoisotopic (exact) mass is 303 g/mol. The zero-order valence-corrected chi connectivity index (χ0v) is 12.0. The van der Waals surface area contributed by atoms with E-state index in [4.69, 9.17) is 9.47 Å². The van der Waals surface area contributed by atoms with Crippen LogP contribution in [0, 0.1) is 0 Å². The highest BCUT2D eigenvalue weighted by Gasteiger charge is 2.30. The molecule has 0 spiro atoms. The quantitative estimate of drug-likeness (QED) is 0.876. The number of hydrogen-bond donors (Lipinski definition) is 1. The van der Waals surface area contributed by atoms with Gasteiger partial charge in [0.05, 0.1) is 18.8 Å². The van der Waals surface area contributed by atoms with Crippen molar-refractivity contribution in [3.8, 4) is 0 Å². The van der Waals surface area contributed by atoms with Gasteiger partial charge in [0.1, 0.15) is 0 Å². The Hall–Kier alpha value is -1.11. The zero-order chi connectivity index (χ0) is 15.3. The summed E-state index contributed by atoms with van der Waals surface area (Å²) in [5.74, 6) is 0. The van der Waals surface area contributed by atoms with Crippen LogP contribution in [0.25, 0.3) is 0 Å². The van der Waals surface area contributed by atoms with E-state index in [9.17, 15) is 13.2 Å².